The second-order valence-corrected chi connectivity index (χ2v) is 1.24. The van der Waals surface area contributed by atoms with Crippen LogP contribution in [0.25, 0.3) is 0 Å². The van der Waals surface area contributed by atoms with E-state index in [1.54, 1.807) is 18.2 Å². The van der Waals surface area contributed by atoms with Crippen LogP contribution in [0.15, 0.2) is 30.6 Å². The van der Waals surface area contributed by atoms with Crippen LogP contribution in [-0.2, 0) is 0 Å². The molecule has 0 saturated carbocycles. The van der Waals surface area contributed by atoms with Crippen LogP contribution < -0.4 is 34.3 Å². The largest absolute Gasteiger partial charge is 1.00 e. The molecule has 1 heterocycles. The molecule has 0 saturated heterocycles. The Kier molecular flexibility index (Phi) is 3.87. The topological polar surface area (TPSA) is 26.9 Å². The fourth-order valence-electron chi connectivity index (χ4n) is 0.383. The fourth-order valence-corrected chi connectivity index (χ4v) is 0.383. The van der Waals surface area contributed by atoms with Crippen LogP contribution in [0, 0.1) is 5.21 Å². The van der Waals surface area contributed by atoms with Gasteiger partial charge in [-0.3, -0.25) is 0 Å². The minimum Gasteiger partial charge on any atom is -0.619 e. The van der Waals surface area contributed by atoms with Gasteiger partial charge in [-0.1, -0.05) is 6.07 Å². The molecular weight excluding hydrogens is 113 g/mol. The Morgan fingerprint density at radius 1 is 1.00 bits per heavy atom. The molecule has 0 aliphatic rings. The van der Waals surface area contributed by atoms with Crippen LogP contribution in [0.2, 0.25) is 0 Å². The Balaban J connectivity index is 0.000000490. The molecule has 0 amide bonds. The number of aromatic nitrogens is 1. The Labute approximate surface area is 70.0 Å². The van der Waals surface area contributed by atoms with Crippen LogP contribution >= 0.6 is 0 Å². The van der Waals surface area contributed by atoms with Crippen molar-refractivity contribution in [3.05, 3.63) is 35.8 Å². The van der Waals surface area contributed by atoms with Crippen molar-refractivity contribution in [2.75, 3.05) is 0 Å². The Morgan fingerprint density at radius 3 is 1.75 bits per heavy atom. The van der Waals surface area contributed by atoms with Gasteiger partial charge in [0, 0.05) is 12.1 Å². The van der Waals surface area contributed by atoms with E-state index in [1.165, 1.54) is 12.4 Å². The van der Waals surface area contributed by atoms with Crippen LogP contribution in [-0.4, -0.2) is 0 Å². The van der Waals surface area contributed by atoms with E-state index < -0.39 is 0 Å². The van der Waals surface area contributed by atoms with Gasteiger partial charge in [-0.05, 0) is 0 Å². The second kappa shape index (κ2) is 3.89. The zero-order chi connectivity index (χ0) is 5.11. The SMILES string of the molecule is [Na+].[O-][n+]1ccccc1. The molecule has 0 spiro atoms. The van der Waals surface area contributed by atoms with E-state index >= 15 is 0 Å². The van der Waals surface area contributed by atoms with E-state index in [0.29, 0.717) is 0 Å². The Bertz CT molecular complexity index is 142. The van der Waals surface area contributed by atoms with Gasteiger partial charge in [-0.25, -0.2) is 0 Å². The normalized spacial score (nSPS) is 7.50. The van der Waals surface area contributed by atoms with E-state index in [4.69, 9.17) is 0 Å². The van der Waals surface area contributed by atoms with Crippen LogP contribution in [0.3, 0.4) is 0 Å². The maximum atomic E-state index is 10.2. The van der Waals surface area contributed by atoms with Crippen LogP contribution in [0.5, 0.6) is 0 Å². The summed E-state index contributed by atoms with van der Waals surface area (Å²) < 4.78 is 0.750. The Morgan fingerprint density at radius 2 is 1.50 bits per heavy atom. The maximum Gasteiger partial charge on any atom is 1.00 e. The predicted octanol–water partition coefficient (Wildman–Crippen LogP) is -2.68. The molecule has 8 heavy (non-hydrogen) atoms. The summed E-state index contributed by atoms with van der Waals surface area (Å²) in [6.45, 7) is 0. The van der Waals surface area contributed by atoms with E-state index in [0.717, 1.165) is 4.73 Å². The van der Waals surface area contributed by atoms with Crippen molar-refractivity contribution in [2.45, 2.75) is 0 Å². The number of hydrogen-bond acceptors (Lipinski definition) is 1. The molecule has 2 nitrogen and oxygen atoms in total. The van der Waals surface area contributed by atoms with Gasteiger partial charge in [0.05, 0.1) is 0 Å². The molecule has 1 rings (SSSR count). The smallest absolute Gasteiger partial charge is 0.619 e. The molecular formula is C5H5NNaO+. The average molecular weight is 118 g/mol. The van der Waals surface area contributed by atoms with Gasteiger partial charge < -0.3 is 5.21 Å². The second-order valence-electron chi connectivity index (χ2n) is 1.24. The molecule has 0 atom stereocenters. The monoisotopic (exact) mass is 118 g/mol. The van der Waals surface area contributed by atoms with Gasteiger partial charge in [0.2, 0.25) is 0 Å². The van der Waals surface area contributed by atoms with Gasteiger partial charge in [0.15, 0.2) is 12.4 Å². The first-order valence-corrected chi connectivity index (χ1v) is 2.03. The van der Waals surface area contributed by atoms with Crippen molar-refractivity contribution in [3.8, 4) is 0 Å². The molecule has 0 aromatic carbocycles. The molecule has 0 fully saturated rings. The minimum atomic E-state index is 0. The van der Waals surface area contributed by atoms with Crippen molar-refractivity contribution >= 4 is 0 Å². The van der Waals surface area contributed by atoms with Gasteiger partial charge in [0.25, 0.3) is 0 Å². The summed E-state index contributed by atoms with van der Waals surface area (Å²) in [4.78, 5) is 0. The van der Waals surface area contributed by atoms with E-state index in [-0.39, 0.29) is 29.6 Å². The first kappa shape index (κ1) is 7.95. The van der Waals surface area contributed by atoms with Gasteiger partial charge in [-0.15, -0.1) is 0 Å². The zero-order valence-electron chi connectivity index (χ0n) is 4.74. The molecule has 1 aromatic heterocycles. The van der Waals surface area contributed by atoms with Crippen molar-refractivity contribution < 1.29 is 34.3 Å². The molecule has 0 aliphatic heterocycles. The fraction of sp³-hybridized carbons (Fsp3) is 0. The summed E-state index contributed by atoms with van der Waals surface area (Å²) in [7, 11) is 0. The molecule has 0 unspecified atom stereocenters. The molecule has 0 aliphatic carbocycles. The van der Waals surface area contributed by atoms with Crippen molar-refractivity contribution in [2.24, 2.45) is 0 Å². The summed E-state index contributed by atoms with van der Waals surface area (Å²) >= 11 is 0. The van der Waals surface area contributed by atoms with Crippen molar-refractivity contribution in [3.63, 3.8) is 0 Å². The summed E-state index contributed by atoms with van der Waals surface area (Å²) in [5.74, 6) is 0. The molecule has 0 radical (unpaired) electrons. The summed E-state index contributed by atoms with van der Waals surface area (Å²) in [6.07, 6.45) is 2.89. The van der Waals surface area contributed by atoms with Gasteiger partial charge in [-0.2, -0.15) is 4.73 Å². The van der Waals surface area contributed by atoms with E-state index in [2.05, 4.69) is 0 Å². The average Bonchev–Trinajstić information content (AvgIpc) is 1.69. The van der Waals surface area contributed by atoms with Gasteiger partial charge >= 0.3 is 29.6 Å². The molecule has 0 bridgehead atoms. The molecule has 0 N–H and O–H groups in total. The quantitative estimate of drug-likeness (QED) is 0.207. The predicted molar refractivity (Wildman–Crippen MR) is 25.4 cm³/mol. The summed E-state index contributed by atoms with van der Waals surface area (Å²) in [5, 5.41) is 10.2. The first-order chi connectivity index (χ1) is 3.39. The third-order valence-corrected chi connectivity index (χ3v) is 0.688. The van der Waals surface area contributed by atoms with E-state index in [9.17, 15) is 5.21 Å². The third-order valence-electron chi connectivity index (χ3n) is 0.688. The first-order valence-electron chi connectivity index (χ1n) is 2.03. The third kappa shape index (κ3) is 2.31. The van der Waals surface area contributed by atoms with Crippen LogP contribution in [0.4, 0.5) is 0 Å². The molecule has 1 aromatic rings. The number of pyridine rings is 1. The number of hydrogen-bond donors (Lipinski definition) is 0. The van der Waals surface area contributed by atoms with Crippen LogP contribution in [0.1, 0.15) is 0 Å². The minimum absolute atomic E-state index is 0. The zero-order valence-corrected chi connectivity index (χ0v) is 6.74. The standard InChI is InChI=1S/C5H5NO.Na/c7-6-4-2-1-3-5-6;/h1-5H;/q;+1. The summed E-state index contributed by atoms with van der Waals surface area (Å²) in [5.41, 5.74) is 0. The maximum absolute atomic E-state index is 10.2. The van der Waals surface area contributed by atoms with E-state index in [1.807, 2.05) is 0 Å². The molecule has 3 heteroatoms. The van der Waals surface area contributed by atoms with Gasteiger partial charge in [0.1, 0.15) is 0 Å². The molecule has 36 valence electrons. The number of nitrogens with zero attached hydrogens (tertiary/aromatic N) is 1. The van der Waals surface area contributed by atoms with Crippen molar-refractivity contribution in [1.82, 2.24) is 0 Å². The Hall–Kier alpha value is -0.0500. The number of rotatable bonds is 0. The summed E-state index contributed by atoms with van der Waals surface area (Å²) in [6, 6.07) is 5.18. The van der Waals surface area contributed by atoms with Crippen molar-refractivity contribution in [1.29, 1.82) is 0 Å².